The number of hydrogen-bond acceptors (Lipinski definition) is 12. The van der Waals surface area contributed by atoms with Gasteiger partial charge in [-0.25, -0.2) is 4.57 Å². The predicted octanol–water partition coefficient (Wildman–Crippen LogP) is 1.79. The Morgan fingerprint density at radius 2 is 1.66 bits per heavy atom. The SMILES string of the molecule is CCCCOc1ccc2[nH]cc(CC(=O)N[C@H](C(=O)NCCOP(=O)(O)OC[C@@H](NC(C)=O)C(=O)NCC(COC(C)=O)OC(C)=O)[C@@H](C)CC)c2c1. The number of H-pyrrole nitrogens is 1. The Morgan fingerprint density at radius 1 is 0.925 bits per heavy atom. The van der Waals surface area contributed by atoms with Crippen LogP contribution in [-0.4, -0.2) is 103 Å². The Labute approximate surface area is 308 Å². The number of benzene rings is 1. The van der Waals surface area contributed by atoms with Gasteiger partial charge in [0, 0.05) is 44.4 Å². The van der Waals surface area contributed by atoms with Gasteiger partial charge in [0.15, 0.2) is 6.10 Å². The first kappa shape index (κ1) is 44.7. The summed E-state index contributed by atoms with van der Waals surface area (Å²) in [4.78, 5) is 86.5. The summed E-state index contributed by atoms with van der Waals surface area (Å²) >= 11 is 0. The molecule has 0 bridgehead atoms. The lowest BCUT2D eigenvalue weighted by Gasteiger charge is -2.24. The van der Waals surface area contributed by atoms with Gasteiger partial charge in [-0.05, 0) is 36.1 Å². The number of amides is 4. The summed E-state index contributed by atoms with van der Waals surface area (Å²) in [6.45, 7) is 7.56. The van der Waals surface area contributed by atoms with E-state index in [1.54, 1.807) is 13.1 Å². The lowest BCUT2D eigenvalue weighted by atomic mass is 9.98. The lowest BCUT2D eigenvalue weighted by molar-refractivity contribution is -0.156. The molecule has 1 aromatic carbocycles. The molecule has 296 valence electrons. The van der Waals surface area contributed by atoms with Gasteiger partial charge in [0.05, 0.1) is 32.8 Å². The highest BCUT2D eigenvalue weighted by Crippen LogP contribution is 2.42. The summed E-state index contributed by atoms with van der Waals surface area (Å²) in [7, 11) is -4.80. The van der Waals surface area contributed by atoms with E-state index < -0.39 is 68.9 Å². The number of fused-ring (bicyclic) bond motifs is 1. The predicted molar refractivity (Wildman–Crippen MR) is 191 cm³/mol. The fourth-order valence-electron chi connectivity index (χ4n) is 4.82. The van der Waals surface area contributed by atoms with E-state index in [0.717, 1.165) is 50.1 Å². The first-order valence-corrected chi connectivity index (χ1v) is 18.8. The molecule has 6 N–H and O–H groups in total. The average Bonchev–Trinajstić information content (AvgIpc) is 3.49. The number of esters is 2. The van der Waals surface area contributed by atoms with E-state index >= 15 is 0 Å². The number of aromatic nitrogens is 1. The molecule has 4 amide bonds. The van der Waals surface area contributed by atoms with E-state index in [2.05, 4.69) is 33.2 Å². The molecule has 0 fully saturated rings. The van der Waals surface area contributed by atoms with E-state index in [9.17, 15) is 38.2 Å². The molecule has 0 aliphatic rings. The number of carbonyl (C=O) groups is 6. The summed E-state index contributed by atoms with van der Waals surface area (Å²) < 4.78 is 38.0. The first-order valence-electron chi connectivity index (χ1n) is 17.3. The van der Waals surface area contributed by atoms with Crippen molar-refractivity contribution in [3.63, 3.8) is 0 Å². The largest absolute Gasteiger partial charge is 0.494 e. The Hall–Kier alpha value is -4.51. The van der Waals surface area contributed by atoms with Crippen LogP contribution in [0.2, 0.25) is 0 Å². The molecular weight excluding hydrogens is 717 g/mol. The second kappa shape index (κ2) is 22.5. The number of nitrogens with one attached hydrogen (secondary N) is 5. The van der Waals surface area contributed by atoms with Crippen LogP contribution in [0.5, 0.6) is 5.75 Å². The lowest BCUT2D eigenvalue weighted by Crippen LogP contribution is -2.51. The van der Waals surface area contributed by atoms with Crippen LogP contribution in [0, 0.1) is 5.92 Å². The summed E-state index contributed by atoms with van der Waals surface area (Å²) in [5.41, 5.74) is 1.57. The van der Waals surface area contributed by atoms with Gasteiger partial charge in [-0.3, -0.25) is 37.8 Å². The maximum absolute atomic E-state index is 13.1. The van der Waals surface area contributed by atoms with Gasteiger partial charge < -0.3 is 45.4 Å². The van der Waals surface area contributed by atoms with Crippen LogP contribution in [-0.2, 0) is 58.3 Å². The molecule has 0 saturated heterocycles. The highest BCUT2D eigenvalue weighted by molar-refractivity contribution is 7.47. The second-order valence-electron chi connectivity index (χ2n) is 12.3. The van der Waals surface area contributed by atoms with Crippen LogP contribution in [0.25, 0.3) is 10.9 Å². The van der Waals surface area contributed by atoms with E-state index in [0.29, 0.717) is 18.8 Å². The van der Waals surface area contributed by atoms with Crippen molar-refractivity contribution in [2.24, 2.45) is 5.92 Å². The highest BCUT2D eigenvalue weighted by atomic mass is 31.2. The van der Waals surface area contributed by atoms with E-state index in [4.69, 9.17) is 23.3 Å². The molecule has 2 rings (SSSR count). The molecule has 5 atom stereocenters. The monoisotopic (exact) mass is 769 g/mol. The molecule has 2 aromatic rings. The minimum Gasteiger partial charge on any atom is -0.494 e. The number of aromatic amines is 1. The van der Waals surface area contributed by atoms with Crippen molar-refractivity contribution in [3.8, 4) is 5.75 Å². The second-order valence-corrected chi connectivity index (χ2v) is 13.7. The van der Waals surface area contributed by atoms with E-state index in [-0.39, 0.29) is 37.9 Å². The van der Waals surface area contributed by atoms with Gasteiger partial charge >= 0.3 is 19.8 Å². The number of phosphoric acid groups is 1. The maximum Gasteiger partial charge on any atom is 0.472 e. The zero-order chi connectivity index (χ0) is 39.6. The van der Waals surface area contributed by atoms with Crippen LogP contribution < -0.4 is 26.0 Å². The third kappa shape index (κ3) is 16.8. The summed E-state index contributed by atoms with van der Waals surface area (Å²) in [6.07, 6.45) is 3.20. The quantitative estimate of drug-likeness (QED) is 0.0507. The minimum absolute atomic E-state index is 0.00529. The van der Waals surface area contributed by atoms with Gasteiger partial charge in [-0.15, -0.1) is 0 Å². The van der Waals surface area contributed by atoms with Gasteiger partial charge in [-0.2, -0.15) is 0 Å². The Kier molecular flexibility index (Phi) is 19.0. The van der Waals surface area contributed by atoms with Gasteiger partial charge in [0.25, 0.3) is 0 Å². The van der Waals surface area contributed by atoms with Crippen molar-refractivity contribution in [2.75, 3.05) is 39.5 Å². The molecule has 1 heterocycles. The third-order valence-corrected chi connectivity index (χ3v) is 8.72. The zero-order valence-electron chi connectivity index (χ0n) is 31.0. The van der Waals surface area contributed by atoms with Gasteiger partial charge in [0.1, 0.15) is 24.4 Å². The van der Waals surface area contributed by atoms with E-state index in [1.807, 2.05) is 25.1 Å². The molecule has 0 aliphatic heterocycles. The Morgan fingerprint density at radius 3 is 2.30 bits per heavy atom. The highest BCUT2D eigenvalue weighted by Gasteiger charge is 2.29. The van der Waals surface area contributed by atoms with Crippen molar-refractivity contribution in [3.05, 3.63) is 30.0 Å². The number of ether oxygens (including phenoxy) is 3. The number of rotatable bonds is 24. The number of carbonyl (C=O) groups excluding carboxylic acids is 6. The molecule has 0 radical (unpaired) electrons. The third-order valence-electron chi connectivity index (χ3n) is 7.73. The fraction of sp³-hybridized carbons (Fsp3) is 0.588. The molecule has 0 spiro atoms. The molecule has 53 heavy (non-hydrogen) atoms. The normalized spacial score (nSPS) is 14.5. The number of phosphoric ester groups is 1. The average molecular weight is 770 g/mol. The first-order chi connectivity index (χ1) is 25.0. The Balaban J connectivity index is 1.91. The number of hydrogen-bond donors (Lipinski definition) is 6. The molecular formula is C34H52N5O13P. The summed E-state index contributed by atoms with van der Waals surface area (Å²) in [5.74, 6) is -3.32. The van der Waals surface area contributed by atoms with Crippen LogP contribution >= 0.6 is 7.82 Å². The van der Waals surface area contributed by atoms with Gasteiger partial charge in [-0.1, -0.05) is 33.6 Å². The minimum atomic E-state index is -4.80. The molecule has 0 aliphatic carbocycles. The van der Waals surface area contributed by atoms with Crippen LogP contribution in [0.4, 0.5) is 0 Å². The topological polar surface area (TPSA) is 250 Å². The smallest absolute Gasteiger partial charge is 0.472 e. The van der Waals surface area contributed by atoms with Crippen molar-refractivity contribution in [1.82, 2.24) is 26.3 Å². The van der Waals surface area contributed by atoms with Crippen LogP contribution in [0.1, 0.15) is 66.4 Å². The number of unbranched alkanes of at least 4 members (excludes halogenated alkanes) is 1. The molecule has 18 nitrogen and oxygen atoms in total. The molecule has 0 saturated carbocycles. The summed E-state index contributed by atoms with van der Waals surface area (Å²) in [6, 6.07) is 3.24. The van der Waals surface area contributed by atoms with E-state index in [1.165, 1.54) is 0 Å². The van der Waals surface area contributed by atoms with Crippen molar-refractivity contribution in [2.45, 2.75) is 85.4 Å². The van der Waals surface area contributed by atoms with Crippen LogP contribution in [0.3, 0.4) is 0 Å². The summed E-state index contributed by atoms with van der Waals surface area (Å²) in [5, 5.41) is 10.9. The van der Waals surface area contributed by atoms with Crippen LogP contribution in [0.15, 0.2) is 24.4 Å². The Bertz CT molecular complexity index is 1600. The fourth-order valence-corrected chi connectivity index (χ4v) is 5.56. The maximum atomic E-state index is 13.1. The standard InChI is InChI=1S/C34H52N5O13P/c1-7-9-13-48-26-10-11-29-28(16-26)25(17-36-29)15-31(43)39-32(21(3)8-2)34(45)35-12-14-50-53(46,47)51-20-30(38-22(4)40)33(44)37-18-27(52-24(6)42)19-49-23(5)41/h10-11,16-17,21,27,30,32,36H,7-9,12-15,18-20H2,1-6H3,(H,35,45)(H,37,44)(H,38,40)(H,39,43)(H,46,47)/t21-,27?,30+,32-/m0/s1. The van der Waals surface area contributed by atoms with Crippen molar-refractivity contribution >= 4 is 54.3 Å². The molecule has 19 heteroatoms. The van der Waals surface area contributed by atoms with Crippen molar-refractivity contribution < 1.29 is 61.5 Å². The van der Waals surface area contributed by atoms with Gasteiger partial charge in [0.2, 0.25) is 23.6 Å². The molecule has 1 aromatic heterocycles. The zero-order valence-corrected chi connectivity index (χ0v) is 31.9. The molecule has 2 unspecified atom stereocenters. The van der Waals surface area contributed by atoms with Crippen molar-refractivity contribution in [1.29, 1.82) is 0 Å².